The molecule has 0 aliphatic rings. The Labute approximate surface area is 93.9 Å². The number of rotatable bonds is 3. The molecule has 0 spiro atoms. The van der Waals surface area contributed by atoms with Gasteiger partial charge in [-0.25, -0.2) is 0 Å². The molecule has 4 heteroatoms. The summed E-state index contributed by atoms with van der Waals surface area (Å²) < 4.78 is 10.6. The third kappa shape index (κ3) is 1.82. The number of hydrogen-bond acceptors (Lipinski definition) is 4. The van der Waals surface area contributed by atoms with Crippen molar-refractivity contribution >= 4 is 0 Å². The predicted molar refractivity (Wildman–Crippen MR) is 59.4 cm³/mol. The van der Waals surface area contributed by atoms with Gasteiger partial charge in [-0.05, 0) is 24.3 Å². The van der Waals surface area contributed by atoms with E-state index in [-0.39, 0.29) is 0 Å². The molecule has 0 aliphatic heterocycles. The van der Waals surface area contributed by atoms with E-state index >= 15 is 0 Å². The van der Waals surface area contributed by atoms with Gasteiger partial charge in [0, 0.05) is 0 Å². The molecule has 0 unspecified atom stereocenters. The fourth-order valence-electron chi connectivity index (χ4n) is 1.50. The molecule has 1 aromatic carbocycles. The van der Waals surface area contributed by atoms with Crippen LogP contribution in [0.1, 0.15) is 0 Å². The number of nitrogens with zero attached hydrogens (tertiary/aromatic N) is 2. The summed E-state index contributed by atoms with van der Waals surface area (Å²) in [7, 11) is 3.22. The van der Waals surface area contributed by atoms with Crippen molar-refractivity contribution in [2.75, 3.05) is 14.2 Å². The molecule has 0 saturated carbocycles. The van der Waals surface area contributed by atoms with E-state index in [1.54, 1.807) is 20.3 Å². The largest absolute Gasteiger partial charge is 0.496 e. The first kappa shape index (κ1) is 10.4. The number of aromatic nitrogens is 2. The number of methoxy groups -OCH3 is 2. The first-order chi connectivity index (χ1) is 7.86. The van der Waals surface area contributed by atoms with E-state index in [1.165, 1.54) is 0 Å². The normalized spacial score (nSPS) is 9.88. The van der Waals surface area contributed by atoms with E-state index in [1.807, 2.05) is 24.3 Å². The third-order valence-corrected chi connectivity index (χ3v) is 2.22. The maximum absolute atomic E-state index is 5.28. The fourth-order valence-corrected chi connectivity index (χ4v) is 1.50. The summed E-state index contributed by atoms with van der Waals surface area (Å²) in [5.41, 5.74) is 1.50. The second-order valence-corrected chi connectivity index (χ2v) is 3.09. The van der Waals surface area contributed by atoms with Crippen LogP contribution in [0.4, 0.5) is 0 Å². The summed E-state index contributed by atoms with van der Waals surface area (Å²) >= 11 is 0. The van der Waals surface area contributed by atoms with Crippen molar-refractivity contribution in [2.45, 2.75) is 0 Å². The van der Waals surface area contributed by atoms with Crippen molar-refractivity contribution in [3.05, 3.63) is 36.5 Å². The molecule has 0 saturated heterocycles. The maximum atomic E-state index is 5.28. The molecule has 0 aliphatic carbocycles. The van der Waals surface area contributed by atoms with Crippen molar-refractivity contribution in [1.29, 1.82) is 0 Å². The van der Waals surface area contributed by atoms with Crippen molar-refractivity contribution in [3.8, 4) is 22.8 Å². The summed E-state index contributed by atoms with van der Waals surface area (Å²) in [6.07, 6.45) is 2.63. The van der Waals surface area contributed by atoms with E-state index < -0.39 is 0 Å². The van der Waals surface area contributed by atoms with Gasteiger partial charge in [0.2, 0.25) is 0 Å². The zero-order chi connectivity index (χ0) is 11.4. The maximum Gasteiger partial charge on any atom is 0.132 e. The molecular weight excluding hydrogens is 204 g/mol. The average Bonchev–Trinajstić information content (AvgIpc) is 2.38. The summed E-state index contributed by atoms with van der Waals surface area (Å²) in [5, 5.41) is 7.73. The summed E-state index contributed by atoms with van der Waals surface area (Å²) in [5.74, 6) is 1.42. The lowest BCUT2D eigenvalue weighted by Gasteiger charge is -2.11. The molecule has 1 radical (unpaired) electrons. The van der Waals surface area contributed by atoms with E-state index in [0.29, 0.717) is 17.2 Å². The fraction of sp³-hybridized carbons (Fsp3) is 0.167. The summed E-state index contributed by atoms with van der Waals surface area (Å²) in [6.45, 7) is 0. The highest BCUT2D eigenvalue weighted by atomic mass is 16.5. The minimum Gasteiger partial charge on any atom is -0.496 e. The first-order valence-electron chi connectivity index (χ1n) is 4.78. The third-order valence-electron chi connectivity index (χ3n) is 2.22. The van der Waals surface area contributed by atoms with Gasteiger partial charge in [0.05, 0.1) is 19.8 Å². The van der Waals surface area contributed by atoms with E-state index in [0.717, 1.165) is 5.56 Å². The molecule has 0 fully saturated rings. The van der Waals surface area contributed by atoms with Gasteiger partial charge in [0.25, 0.3) is 0 Å². The molecule has 16 heavy (non-hydrogen) atoms. The molecule has 0 amide bonds. The lowest BCUT2D eigenvalue weighted by Crippen LogP contribution is -1.95. The van der Waals surface area contributed by atoms with Gasteiger partial charge in [-0.3, -0.25) is 0 Å². The van der Waals surface area contributed by atoms with Gasteiger partial charge >= 0.3 is 0 Å². The highest BCUT2D eigenvalue weighted by molar-refractivity contribution is 5.73. The van der Waals surface area contributed by atoms with Gasteiger partial charge in [0.1, 0.15) is 23.4 Å². The molecule has 1 heterocycles. The molecule has 2 aromatic rings. The van der Waals surface area contributed by atoms with Crippen LogP contribution >= 0.6 is 0 Å². The molecule has 81 valence electrons. The molecule has 0 atom stereocenters. The Bertz CT molecular complexity index is 449. The van der Waals surface area contributed by atoms with Gasteiger partial charge in [0.15, 0.2) is 0 Å². The van der Waals surface area contributed by atoms with Crippen molar-refractivity contribution in [1.82, 2.24) is 10.2 Å². The number of hydrogen-bond donors (Lipinski definition) is 0. The van der Waals surface area contributed by atoms with Gasteiger partial charge < -0.3 is 9.47 Å². The van der Waals surface area contributed by atoms with E-state index in [4.69, 9.17) is 9.47 Å². The van der Waals surface area contributed by atoms with Crippen LogP contribution in [0.5, 0.6) is 11.5 Å². The number of ether oxygens (including phenoxy) is 2. The zero-order valence-electron chi connectivity index (χ0n) is 9.10. The average molecular weight is 215 g/mol. The lowest BCUT2D eigenvalue weighted by molar-refractivity contribution is 0.397. The topological polar surface area (TPSA) is 44.2 Å². The van der Waals surface area contributed by atoms with Crippen LogP contribution in [-0.4, -0.2) is 24.4 Å². The van der Waals surface area contributed by atoms with Crippen molar-refractivity contribution in [2.24, 2.45) is 0 Å². The highest BCUT2D eigenvalue weighted by Gasteiger charge is 2.13. The van der Waals surface area contributed by atoms with Gasteiger partial charge in [-0.1, -0.05) is 6.07 Å². The quantitative estimate of drug-likeness (QED) is 0.785. The van der Waals surface area contributed by atoms with E-state index in [9.17, 15) is 0 Å². The molecular formula is C12H11N2O2. The summed E-state index contributed by atoms with van der Waals surface area (Å²) in [6, 6.07) is 9.09. The smallest absolute Gasteiger partial charge is 0.132 e. The monoisotopic (exact) mass is 215 g/mol. The molecule has 2 rings (SSSR count). The highest BCUT2D eigenvalue weighted by Crippen LogP contribution is 2.36. The Morgan fingerprint density at radius 1 is 1.06 bits per heavy atom. The Kier molecular flexibility index (Phi) is 3.00. The Balaban J connectivity index is 2.62. The molecule has 0 N–H and O–H groups in total. The molecule has 0 bridgehead atoms. The van der Waals surface area contributed by atoms with Crippen LogP contribution in [0.15, 0.2) is 30.3 Å². The van der Waals surface area contributed by atoms with Gasteiger partial charge in [-0.2, -0.15) is 0 Å². The number of benzene rings is 1. The van der Waals surface area contributed by atoms with Gasteiger partial charge in [-0.15, -0.1) is 10.2 Å². The SMILES string of the molecule is COc1cccc(OC)c1-c1cc[c]nn1. The zero-order valence-corrected chi connectivity index (χ0v) is 9.10. The van der Waals surface area contributed by atoms with Crippen LogP contribution in [0, 0.1) is 6.20 Å². The van der Waals surface area contributed by atoms with Crippen LogP contribution in [-0.2, 0) is 0 Å². The van der Waals surface area contributed by atoms with Crippen LogP contribution in [0.2, 0.25) is 0 Å². The minimum atomic E-state index is 0.702. The van der Waals surface area contributed by atoms with Crippen molar-refractivity contribution < 1.29 is 9.47 Å². The Morgan fingerprint density at radius 3 is 2.25 bits per heavy atom. The molecule has 4 nitrogen and oxygen atoms in total. The Hall–Kier alpha value is -2.10. The standard InChI is InChI=1S/C12H11N2O2/c1-15-10-6-3-7-11(16-2)12(10)9-5-4-8-13-14-9/h3-7H,1-2H3. The second-order valence-electron chi connectivity index (χ2n) is 3.09. The van der Waals surface area contributed by atoms with Crippen molar-refractivity contribution in [3.63, 3.8) is 0 Å². The lowest BCUT2D eigenvalue weighted by atomic mass is 10.1. The predicted octanol–water partition coefficient (Wildman–Crippen LogP) is 1.96. The minimum absolute atomic E-state index is 0.702. The second kappa shape index (κ2) is 4.61. The first-order valence-corrected chi connectivity index (χ1v) is 4.78. The molecule has 1 aromatic heterocycles. The van der Waals surface area contributed by atoms with Crippen LogP contribution in [0.3, 0.4) is 0 Å². The van der Waals surface area contributed by atoms with Crippen LogP contribution < -0.4 is 9.47 Å². The van der Waals surface area contributed by atoms with Crippen LogP contribution in [0.25, 0.3) is 11.3 Å². The summed E-state index contributed by atoms with van der Waals surface area (Å²) in [4.78, 5) is 0. The van der Waals surface area contributed by atoms with E-state index in [2.05, 4.69) is 16.4 Å². The Morgan fingerprint density at radius 2 is 1.75 bits per heavy atom.